The predicted molar refractivity (Wildman–Crippen MR) is 95.2 cm³/mol. The van der Waals surface area contributed by atoms with Gasteiger partial charge in [0, 0.05) is 29.5 Å². The molecule has 3 rings (SSSR count). The molecule has 0 fully saturated rings. The molecule has 0 unspecified atom stereocenters. The maximum Gasteiger partial charge on any atom is 0.240 e. The van der Waals surface area contributed by atoms with Crippen LogP contribution in [0.4, 0.5) is 0 Å². The topological polar surface area (TPSA) is 59.1 Å². The molecule has 1 aromatic heterocycles. The van der Waals surface area contributed by atoms with Crippen molar-refractivity contribution in [2.24, 2.45) is 0 Å². The number of rotatable bonds is 5. The van der Waals surface area contributed by atoms with Crippen LogP contribution in [0.15, 0.2) is 78.0 Å². The minimum absolute atomic E-state index is 0.215. The van der Waals surface area contributed by atoms with Crippen LogP contribution < -0.4 is 4.72 Å². The number of sulfonamides is 1. The van der Waals surface area contributed by atoms with Gasteiger partial charge in [-0.3, -0.25) is 4.98 Å². The van der Waals surface area contributed by atoms with E-state index < -0.39 is 10.0 Å². The maximum atomic E-state index is 12.4. The van der Waals surface area contributed by atoms with Crippen LogP contribution in [-0.4, -0.2) is 13.4 Å². The van der Waals surface area contributed by atoms with Gasteiger partial charge < -0.3 is 0 Å². The molecule has 3 aromatic rings. The van der Waals surface area contributed by atoms with Gasteiger partial charge in [-0.15, -0.1) is 0 Å². The first-order chi connectivity index (χ1) is 11.6. The van der Waals surface area contributed by atoms with Gasteiger partial charge in [0.25, 0.3) is 0 Å². The Kier molecular flexibility index (Phi) is 4.94. The summed E-state index contributed by atoms with van der Waals surface area (Å²) in [5, 5.41) is 0.629. The molecule has 0 saturated heterocycles. The van der Waals surface area contributed by atoms with Gasteiger partial charge in [0.15, 0.2) is 0 Å². The number of hydrogen-bond acceptors (Lipinski definition) is 3. The summed E-state index contributed by atoms with van der Waals surface area (Å²) in [5.41, 5.74) is 2.59. The zero-order chi connectivity index (χ0) is 17.0. The van der Waals surface area contributed by atoms with Crippen LogP contribution in [-0.2, 0) is 16.6 Å². The van der Waals surface area contributed by atoms with Crippen molar-refractivity contribution in [3.8, 4) is 11.1 Å². The molecule has 4 nitrogen and oxygen atoms in total. The van der Waals surface area contributed by atoms with Gasteiger partial charge in [0.1, 0.15) is 0 Å². The van der Waals surface area contributed by atoms with E-state index in [-0.39, 0.29) is 11.4 Å². The van der Waals surface area contributed by atoms with E-state index in [4.69, 9.17) is 11.6 Å². The van der Waals surface area contributed by atoms with E-state index in [1.54, 1.807) is 54.9 Å². The van der Waals surface area contributed by atoms with E-state index in [0.717, 1.165) is 16.7 Å². The van der Waals surface area contributed by atoms with Crippen LogP contribution in [0.1, 0.15) is 5.56 Å². The number of benzene rings is 2. The van der Waals surface area contributed by atoms with Crippen molar-refractivity contribution < 1.29 is 8.42 Å². The summed E-state index contributed by atoms with van der Waals surface area (Å²) in [6.07, 6.45) is 3.25. The molecule has 122 valence electrons. The predicted octanol–water partition coefficient (Wildman–Crippen LogP) is 3.88. The second-order valence-electron chi connectivity index (χ2n) is 5.18. The molecule has 0 aliphatic carbocycles. The van der Waals surface area contributed by atoms with Gasteiger partial charge in [0.2, 0.25) is 10.0 Å². The smallest absolute Gasteiger partial charge is 0.240 e. The largest absolute Gasteiger partial charge is 0.265 e. The Morgan fingerprint density at radius 1 is 0.917 bits per heavy atom. The monoisotopic (exact) mass is 358 g/mol. The minimum atomic E-state index is -3.57. The molecule has 0 saturated carbocycles. The van der Waals surface area contributed by atoms with Crippen LogP contribution in [0.3, 0.4) is 0 Å². The molecule has 1 heterocycles. The molecule has 0 spiro atoms. The molecular weight excluding hydrogens is 344 g/mol. The fourth-order valence-corrected chi connectivity index (χ4v) is 3.53. The number of hydrogen-bond donors (Lipinski definition) is 1. The summed E-state index contributed by atoms with van der Waals surface area (Å²) in [6.45, 7) is 0.219. The van der Waals surface area contributed by atoms with E-state index in [9.17, 15) is 8.42 Å². The summed E-state index contributed by atoms with van der Waals surface area (Å²) >= 11 is 6.17. The third-order valence-electron chi connectivity index (χ3n) is 3.57. The number of halogens is 1. The molecule has 6 heteroatoms. The zero-order valence-corrected chi connectivity index (χ0v) is 14.3. The van der Waals surface area contributed by atoms with E-state index in [1.165, 1.54) is 0 Å². The summed E-state index contributed by atoms with van der Waals surface area (Å²) < 4.78 is 27.3. The van der Waals surface area contributed by atoms with Gasteiger partial charge in [0.05, 0.1) is 4.90 Å². The van der Waals surface area contributed by atoms with Crippen molar-refractivity contribution in [2.45, 2.75) is 11.4 Å². The number of nitrogens with zero attached hydrogens (tertiary/aromatic N) is 1. The Morgan fingerprint density at radius 3 is 2.25 bits per heavy atom. The minimum Gasteiger partial charge on any atom is -0.265 e. The first-order valence-corrected chi connectivity index (χ1v) is 9.16. The molecule has 0 bridgehead atoms. The van der Waals surface area contributed by atoms with E-state index >= 15 is 0 Å². The van der Waals surface area contributed by atoms with Gasteiger partial charge in [-0.1, -0.05) is 41.9 Å². The molecule has 0 aliphatic rings. The van der Waals surface area contributed by atoms with Crippen LogP contribution in [0.5, 0.6) is 0 Å². The average Bonchev–Trinajstić information content (AvgIpc) is 2.62. The normalized spacial score (nSPS) is 11.4. The molecule has 0 aliphatic heterocycles. The zero-order valence-electron chi connectivity index (χ0n) is 12.7. The standard InChI is InChI=1S/C18H15ClN2O2S/c19-18-4-2-1-3-17(18)15-5-7-16(8-6-15)24(22,23)21-13-14-9-11-20-12-10-14/h1-12,21H,13H2. The van der Waals surface area contributed by atoms with E-state index in [2.05, 4.69) is 9.71 Å². The highest BCUT2D eigenvalue weighted by Crippen LogP contribution is 2.28. The van der Waals surface area contributed by atoms with Gasteiger partial charge in [-0.25, -0.2) is 13.1 Å². The summed E-state index contributed by atoms with van der Waals surface area (Å²) in [7, 11) is -3.57. The fraction of sp³-hybridized carbons (Fsp3) is 0.0556. The second-order valence-corrected chi connectivity index (χ2v) is 7.36. The average molecular weight is 359 g/mol. The molecule has 1 N–H and O–H groups in total. The van der Waals surface area contributed by atoms with Crippen molar-refractivity contribution in [3.63, 3.8) is 0 Å². The highest BCUT2D eigenvalue weighted by molar-refractivity contribution is 7.89. The fourth-order valence-electron chi connectivity index (χ4n) is 2.27. The van der Waals surface area contributed by atoms with E-state index in [1.807, 2.05) is 18.2 Å². The van der Waals surface area contributed by atoms with E-state index in [0.29, 0.717) is 5.02 Å². The lowest BCUT2D eigenvalue weighted by Gasteiger charge is -2.08. The first-order valence-electron chi connectivity index (χ1n) is 7.30. The first kappa shape index (κ1) is 16.6. The molecule has 0 amide bonds. The summed E-state index contributed by atoms with van der Waals surface area (Å²) in [5.74, 6) is 0. The van der Waals surface area contributed by atoms with Crippen molar-refractivity contribution in [2.75, 3.05) is 0 Å². The van der Waals surface area contributed by atoms with Crippen LogP contribution in [0.25, 0.3) is 11.1 Å². The van der Waals surface area contributed by atoms with Gasteiger partial charge in [-0.05, 0) is 41.5 Å². The number of aromatic nitrogens is 1. The quantitative estimate of drug-likeness (QED) is 0.753. The summed E-state index contributed by atoms with van der Waals surface area (Å²) in [6, 6.07) is 17.6. The highest BCUT2D eigenvalue weighted by Gasteiger charge is 2.14. The Morgan fingerprint density at radius 2 is 1.58 bits per heavy atom. The van der Waals surface area contributed by atoms with Crippen molar-refractivity contribution >= 4 is 21.6 Å². The lowest BCUT2D eigenvalue weighted by molar-refractivity contribution is 0.581. The number of pyridine rings is 1. The molecular formula is C18H15ClN2O2S. The van der Waals surface area contributed by atoms with Crippen molar-refractivity contribution in [3.05, 3.63) is 83.6 Å². The third-order valence-corrected chi connectivity index (χ3v) is 5.31. The van der Waals surface area contributed by atoms with Gasteiger partial charge >= 0.3 is 0 Å². The molecule has 0 atom stereocenters. The van der Waals surface area contributed by atoms with Crippen LogP contribution in [0, 0.1) is 0 Å². The molecule has 0 radical (unpaired) electrons. The van der Waals surface area contributed by atoms with Gasteiger partial charge in [-0.2, -0.15) is 0 Å². The van der Waals surface area contributed by atoms with Crippen LogP contribution in [0.2, 0.25) is 5.02 Å². The van der Waals surface area contributed by atoms with Crippen molar-refractivity contribution in [1.82, 2.24) is 9.71 Å². The summed E-state index contributed by atoms with van der Waals surface area (Å²) in [4.78, 5) is 4.12. The molecule has 2 aromatic carbocycles. The third kappa shape index (κ3) is 3.82. The SMILES string of the molecule is O=S(=O)(NCc1ccncc1)c1ccc(-c2ccccc2Cl)cc1. The Balaban J connectivity index is 1.78. The highest BCUT2D eigenvalue weighted by atomic mass is 35.5. The Bertz CT molecular complexity index is 927. The lowest BCUT2D eigenvalue weighted by atomic mass is 10.1. The van der Waals surface area contributed by atoms with Crippen LogP contribution >= 0.6 is 11.6 Å². The lowest BCUT2D eigenvalue weighted by Crippen LogP contribution is -2.23. The van der Waals surface area contributed by atoms with Crippen molar-refractivity contribution in [1.29, 1.82) is 0 Å². The Hall–Kier alpha value is -2.21. The maximum absolute atomic E-state index is 12.4. The Labute approximate surface area is 146 Å². The second kappa shape index (κ2) is 7.13. The molecule has 24 heavy (non-hydrogen) atoms. The number of nitrogens with one attached hydrogen (secondary N) is 1.